The van der Waals surface area contributed by atoms with Gasteiger partial charge in [0, 0.05) is 45.7 Å². The summed E-state index contributed by atoms with van der Waals surface area (Å²) in [6.45, 7) is 5.38. The Bertz CT molecular complexity index is 1610. The molecular weight excluding hydrogens is 521 g/mol. The highest BCUT2D eigenvalue weighted by atomic mass is 35.5. The summed E-state index contributed by atoms with van der Waals surface area (Å²) in [5.41, 5.74) is 7.24. The van der Waals surface area contributed by atoms with Crippen molar-refractivity contribution in [1.82, 2.24) is 24.5 Å². The number of benzene rings is 2. The van der Waals surface area contributed by atoms with E-state index in [9.17, 15) is 14.4 Å². The maximum Gasteiger partial charge on any atom is 0.281 e. The van der Waals surface area contributed by atoms with E-state index in [2.05, 4.69) is 43.4 Å². The van der Waals surface area contributed by atoms with Crippen molar-refractivity contribution in [3.8, 4) is 6.07 Å². The monoisotopic (exact) mass is 547 g/mol. The standard InChI is InChI=1S/C27H27ClFN9O/c1-17-19(15-30)25(35-27(31)33-17)32-10-9-22-34-24-21(29)8-7-20(28)23(24)26(39)38(22)37-13-11-36(12-14-37)16-18-5-3-2-4-6-18/h2-8H,9-14,16H2,1H3,(H3,31,32,33,35). The predicted octanol–water partition coefficient (Wildman–Crippen LogP) is 2.85. The van der Waals surface area contributed by atoms with Gasteiger partial charge in [-0.05, 0) is 24.6 Å². The molecule has 3 N–H and O–H groups in total. The molecule has 5 rings (SSSR count). The lowest BCUT2D eigenvalue weighted by Crippen LogP contribution is -2.55. The Morgan fingerprint density at radius 1 is 1.10 bits per heavy atom. The van der Waals surface area contributed by atoms with E-state index in [4.69, 9.17) is 17.3 Å². The van der Waals surface area contributed by atoms with Gasteiger partial charge in [0.25, 0.3) is 5.56 Å². The van der Waals surface area contributed by atoms with Gasteiger partial charge in [-0.25, -0.2) is 19.0 Å². The van der Waals surface area contributed by atoms with Gasteiger partial charge < -0.3 is 16.1 Å². The first kappa shape index (κ1) is 26.3. The second-order valence-corrected chi connectivity index (χ2v) is 9.70. The fourth-order valence-corrected chi connectivity index (χ4v) is 5.03. The van der Waals surface area contributed by atoms with Gasteiger partial charge in [-0.15, -0.1) is 0 Å². The lowest BCUT2D eigenvalue weighted by Gasteiger charge is -2.37. The van der Waals surface area contributed by atoms with Crippen LogP contribution in [-0.2, 0) is 13.0 Å². The van der Waals surface area contributed by atoms with E-state index in [0.29, 0.717) is 30.4 Å². The second-order valence-electron chi connectivity index (χ2n) is 9.29. The Kier molecular flexibility index (Phi) is 7.58. The number of aryl methyl sites for hydroxylation is 1. The minimum absolute atomic E-state index is 0.0415. The van der Waals surface area contributed by atoms with Crippen molar-refractivity contribution in [1.29, 1.82) is 5.26 Å². The van der Waals surface area contributed by atoms with Crippen molar-refractivity contribution in [2.24, 2.45) is 0 Å². The number of piperazine rings is 1. The van der Waals surface area contributed by atoms with Crippen molar-refractivity contribution < 1.29 is 4.39 Å². The third-order valence-electron chi connectivity index (χ3n) is 6.71. The molecule has 2 aromatic heterocycles. The normalized spacial score (nSPS) is 13.9. The fourth-order valence-electron chi connectivity index (χ4n) is 4.79. The highest BCUT2D eigenvalue weighted by molar-refractivity contribution is 6.35. The summed E-state index contributed by atoms with van der Waals surface area (Å²) in [5, 5.41) is 14.7. The average molecular weight is 548 g/mol. The molecule has 1 saturated heterocycles. The molecule has 0 unspecified atom stereocenters. The van der Waals surface area contributed by atoms with Crippen molar-refractivity contribution >= 4 is 34.3 Å². The van der Waals surface area contributed by atoms with Crippen molar-refractivity contribution in [3.05, 3.63) is 86.3 Å². The number of rotatable bonds is 7. The van der Waals surface area contributed by atoms with Crippen molar-refractivity contribution in [3.63, 3.8) is 0 Å². The van der Waals surface area contributed by atoms with Gasteiger partial charge in [0.1, 0.15) is 34.6 Å². The average Bonchev–Trinajstić information content (AvgIpc) is 2.92. The van der Waals surface area contributed by atoms with E-state index < -0.39 is 11.4 Å². The van der Waals surface area contributed by atoms with Crippen LogP contribution < -0.4 is 21.6 Å². The molecule has 0 radical (unpaired) electrons. The van der Waals surface area contributed by atoms with Gasteiger partial charge in [0.2, 0.25) is 5.95 Å². The van der Waals surface area contributed by atoms with Crippen LogP contribution in [0.2, 0.25) is 5.02 Å². The molecule has 0 amide bonds. The first-order valence-electron chi connectivity index (χ1n) is 12.5. The number of halogens is 2. The molecule has 0 atom stereocenters. The summed E-state index contributed by atoms with van der Waals surface area (Å²) in [6.07, 6.45) is 0.245. The molecule has 12 heteroatoms. The molecule has 0 saturated carbocycles. The summed E-state index contributed by atoms with van der Waals surface area (Å²) in [5.74, 6) is 0.0854. The van der Waals surface area contributed by atoms with E-state index in [1.165, 1.54) is 22.4 Å². The predicted molar refractivity (Wildman–Crippen MR) is 149 cm³/mol. The molecule has 2 aromatic carbocycles. The van der Waals surface area contributed by atoms with Crippen LogP contribution >= 0.6 is 11.6 Å². The quantitative estimate of drug-likeness (QED) is 0.359. The number of hydrogen-bond donors (Lipinski definition) is 2. The first-order valence-corrected chi connectivity index (χ1v) is 12.9. The smallest absolute Gasteiger partial charge is 0.281 e. The van der Waals surface area contributed by atoms with Crippen molar-refractivity contribution in [2.75, 3.05) is 48.8 Å². The largest absolute Gasteiger partial charge is 0.368 e. The van der Waals surface area contributed by atoms with E-state index in [1.807, 2.05) is 23.2 Å². The Morgan fingerprint density at radius 2 is 1.85 bits per heavy atom. The Labute approximate surface area is 229 Å². The summed E-state index contributed by atoms with van der Waals surface area (Å²) in [4.78, 5) is 28.8. The fraction of sp³-hybridized carbons (Fsp3) is 0.296. The van der Waals surface area contributed by atoms with Crippen LogP contribution in [0.3, 0.4) is 0 Å². The van der Waals surface area contributed by atoms with Crippen LogP contribution in [0.4, 0.5) is 16.2 Å². The number of nitriles is 1. The van der Waals surface area contributed by atoms with Crippen LogP contribution in [-0.4, -0.2) is 57.3 Å². The SMILES string of the molecule is Cc1nc(N)nc(NCCc2nc3c(F)ccc(Cl)c3c(=O)n2N2CCN(Cc3ccccc3)CC2)c1C#N. The third kappa shape index (κ3) is 5.48. The Morgan fingerprint density at radius 3 is 2.56 bits per heavy atom. The lowest BCUT2D eigenvalue weighted by atomic mass is 10.2. The van der Waals surface area contributed by atoms with Gasteiger partial charge in [0.15, 0.2) is 0 Å². The molecule has 200 valence electrons. The molecule has 3 heterocycles. The molecule has 0 bridgehead atoms. The van der Waals surface area contributed by atoms with Gasteiger partial charge in [-0.1, -0.05) is 41.9 Å². The van der Waals surface area contributed by atoms with Crippen LogP contribution in [0.25, 0.3) is 10.9 Å². The summed E-state index contributed by atoms with van der Waals surface area (Å²) in [7, 11) is 0. The molecule has 1 aliphatic rings. The summed E-state index contributed by atoms with van der Waals surface area (Å²) in [6, 6.07) is 14.9. The molecule has 4 aromatic rings. The maximum atomic E-state index is 14.8. The zero-order valence-electron chi connectivity index (χ0n) is 21.4. The third-order valence-corrected chi connectivity index (χ3v) is 7.02. The lowest BCUT2D eigenvalue weighted by molar-refractivity contribution is 0.230. The number of nitrogen functional groups attached to an aromatic ring is 1. The summed E-state index contributed by atoms with van der Waals surface area (Å²) >= 11 is 6.34. The van der Waals surface area contributed by atoms with Gasteiger partial charge in [-0.2, -0.15) is 10.2 Å². The zero-order valence-corrected chi connectivity index (χ0v) is 22.1. The minimum atomic E-state index is -0.619. The molecule has 39 heavy (non-hydrogen) atoms. The minimum Gasteiger partial charge on any atom is -0.368 e. The van der Waals surface area contributed by atoms with Gasteiger partial charge in [0.05, 0.1) is 16.1 Å². The second kappa shape index (κ2) is 11.2. The van der Waals surface area contributed by atoms with E-state index in [1.54, 1.807) is 6.92 Å². The van der Waals surface area contributed by atoms with Crippen molar-refractivity contribution in [2.45, 2.75) is 19.9 Å². The number of nitrogens with two attached hydrogens (primary N) is 1. The highest BCUT2D eigenvalue weighted by Crippen LogP contribution is 2.23. The number of hydrogen-bond acceptors (Lipinski definition) is 9. The molecule has 10 nitrogen and oxygen atoms in total. The topological polar surface area (TPSA) is 129 Å². The molecule has 1 fully saturated rings. The Hall–Kier alpha value is -4.27. The van der Waals surface area contributed by atoms with Crippen LogP contribution in [0, 0.1) is 24.1 Å². The van der Waals surface area contributed by atoms with Crippen LogP contribution in [0.1, 0.15) is 22.6 Å². The number of aromatic nitrogens is 4. The van der Waals surface area contributed by atoms with Gasteiger partial charge >= 0.3 is 0 Å². The number of fused-ring (bicyclic) bond motifs is 1. The molecule has 1 aliphatic heterocycles. The summed E-state index contributed by atoms with van der Waals surface area (Å²) < 4.78 is 16.3. The van der Waals surface area contributed by atoms with E-state index in [-0.39, 0.29) is 40.4 Å². The zero-order chi connectivity index (χ0) is 27.5. The Balaban J connectivity index is 1.43. The number of nitrogens with zero attached hydrogens (tertiary/aromatic N) is 7. The highest BCUT2D eigenvalue weighted by Gasteiger charge is 2.24. The molecular formula is C27H27ClFN9O. The van der Waals surface area contributed by atoms with E-state index in [0.717, 1.165) is 19.6 Å². The number of nitrogens with one attached hydrogen (secondary N) is 1. The number of anilines is 2. The molecule has 0 aliphatic carbocycles. The van der Waals surface area contributed by atoms with Crippen LogP contribution in [0.15, 0.2) is 47.3 Å². The van der Waals surface area contributed by atoms with Gasteiger partial charge in [-0.3, -0.25) is 9.69 Å². The molecule has 0 spiro atoms. The maximum absolute atomic E-state index is 14.8. The first-order chi connectivity index (χ1) is 18.9. The van der Waals surface area contributed by atoms with Crippen LogP contribution in [0.5, 0.6) is 0 Å². The van der Waals surface area contributed by atoms with E-state index >= 15 is 0 Å².